The number of carbonyl (C=O) groups is 2. The molecule has 0 fully saturated rings. The van der Waals surface area contributed by atoms with Gasteiger partial charge in [-0.3, -0.25) is 4.79 Å². The Balaban J connectivity index is 1.16. The molecule has 0 bridgehead atoms. The number of benzene rings is 2. The van der Waals surface area contributed by atoms with E-state index >= 15 is 0 Å². The first kappa shape index (κ1) is 35.3. The lowest BCUT2D eigenvalue weighted by Crippen LogP contribution is -2.45. The molecule has 2 amide bonds. The van der Waals surface area contributed by atoms with E-state index in [1.165, 1.54) is 35.1 Å². The van der Waals surface area contributed by atoms with E-state index in [0.29, 0.717) is 19.6 Å². The van der Waals surface area contributed by atoms with E-state index in [-0.39, 0.29) is 24.5 Å². The molecule has 0 heterocycles. The quantitative estimate of drug-likeness (QED) is 0.0825. The van der Waals surface area contributed by atoms with Crippen LogP contribution in [-0.4, -0.2) is 54.1 Å². The molecule has 7 nitrogen and oxygen atoms in total. The second kappa shape index (κ2) is 20.7. The molecular weight excluding hydrogens is 552 g/mol. The van der Waals surface area contributed by atoms with Gasteiger partial charge in [-0.1, -0.05) is 125 Å². The van der Waals surface area contributed by atoms with Crippen molar-refractivity contribution in [3.05, 3.63) is 71.8 Å². The Bertz CT molecular complexity index is 1100. The Morgan fingerprint density at radius 2 is 1.43 bits per heavy atom. The molecule has 44 heavy (non-hydrogen) atoms. The number of hydrogen-bond acceptors (Lipinski definition) is 5. The van der Waals surface area contributed by atoms with E-state index in [0.717, 1.165) is 70.6 Å². The summed E-state index contributed by atoms with van der Waals surface area (Å²) < 4.78 is 5.61. The van der Waals surface area contributed by atoms with Crippen molar-refractivity contribution in [3.63, 3.8) is 0 Å². The summed E-state index contributed by atoms with van der Waals surface area (Å²) in [5, 5.41) is 25.6. The van der Waals surface area contributed by atoms with E-state index in [4.69, 9.17) is 4.74 Å². The predicted molar refractivity (Wildman–Crippen MR) is 178 cm³/mol. The molecule has 3 rings (SSSR count). The summed E-state index contributed by atoms with van der Waals surface area (Å²) in [6, 6.07) is 16.0. The Morgan fingerprint density at radius 3 is 2.09 bits per heavy atom. The number of ether oxygens (including phenoxy) is 1. The zero-order valence-electron chi connectivity index (χ0n) is 26.6. The van der Waals surface area contributed by atoms with E-state index in [9.17, 15) is 19.8 Å². The smallest absolute Gasteiger partial charge is 0.407 e. The van der Waals surface area contributed by atoms with Crippen LogP contribution in [0.1, 0.15) is 114 Å². The van der Waals surface area contributed by atoms with Gasteiger partial charge >= 0.3 is 6.09 Å². The summed E-state index contributed by atoms with van der Waals surface area (Å²) in [5.74, 6) is -0.0328. The molecule has 0 saturated carbocycles. The van der Waals surface area contributed by atoms with Gasteiger partial charge in [0.1, 0.15) is 6.61 Å². The summed E-state index contributed by atoms with van der Waals surface area (Å²) >= 11 is 0. The highest BCUT2D eigenvalue weighted by molar-refractivity contribution is 5.79. The fourth-order valence-electron chi connectivity index (χ4n) is 5.89. The molecule has 7 heteroatoms. The molecule has 0 aliphatic heterocycles. The molecule has 2 atom stereocenters. The minimum absolute atomic E-state index is 0.0774. The van der Waals surface area contributed by atoms with Crippen molar-refractivity contribution in [2.24, 2.45) is 0 Å². The van der Waals surface area contributed by atoms with Gasteiger partial charge in [0.2, 0.25) is 5.91 Å². The first-order valence-corrected chi connectivity index (χ1v) is 16.9. The Morgan fingerprint density at radius 1 is 0.841 bits per heavy atom. The maximum Gasteiger partial charge on any atom is 0.407 e. The van der Waals surface area contributed by atoms with Gasteiger partial charge < -0.3 is 25.6 Å². The fraction of sp³-hybridized carbons (Fsp3) is 0.568. The lowest BCUT2D eigenvalue weighted by molar-refractivity contribution is -0.123. The van der Waals surface area contributed by atoms with Crippen molar-refractivity contribution in [2.45, 2.75) is 115 Å². The summed E-state index contributed by atoms with van der Waals surface area (Å²) in [7, 11) is 0. The van der Waals surface area contributed by atoms with Crippen LogP contribution >= 0.6 is 0 Å². The fourth-order valence-corrected chi connectivity index (χ4v) is 5.89. The average molecular weight is 607 g/mol. The molecule has 0 spiro atoms. The highest BCUT2D eigenvalue weighted by Gasteiger charge is 2.29. The number of rotatable bonds is 22. The third-order valence-corrected chi connectivity index (χ3v) is 8.46. The van der Waals surface area contributed by atoms with Crippen molar-refractivity contribution in [3.8, 4) is 11.1 Å². The largest absolute Gasteiger partial charge is 0.449 e. The standard InChI is InChI=1S/C37H54N2O5/c1-2-3-4-10-14-25-36(42)39-34(27-40)35(41)24-13-11-8-6-5-7-9-12-19-26-38-37(43)44-28-33-31-22-17-15-20-29(31)30-21-16-18-23-32(30)33/h13,15-18,20-24,33-35,40-41H,2-12,14,19,25-28H2,1H3,(H,38,43)(H,39,42)/t34-,35+/m0/s1. The predicted octanol–water partition coefficient (Wildman–Crippen LogP) is 7.40. The normalized spacial score (nSPS) is 13.8. The molecule has 242 valence electrons. The highest BCUT2D eigenvalue weighted by atomic mass is 16.5. The van der Waals surface area contributed by atoms with E-state index < -0.39 is 12.1 Å². The SMILES string of the molecule is CCCCCCCC(=O)N[C@@H](CO)[C@H](O)C=CCCCCCCCCCNC(=O)OCC1c2ccccc2-c2ccccc21. The molecule has 1 aliphatic rings. The number of hydrogen-bond donors (Lipinski definition) is 4. The number of nitrogens with one attached hydrogen (secondary N) is 2. The summed E-state index contributed by atoms with van der Waals surface area (Å²) in [5.41, 5.74) is 4.89. The second-order valence-corrected chi connectivity index (χ2v) is 12.0. The number of aliphatic hydroxyl groups is 2. The first-order chi connectivity index (χ1) is 21.5. The molecule has 0 unspecified atom stereocenters. The maximum absolute atomic E-state index is 12.3. The number of unbranched alkanes of at least 4 members (excludes halogenated alkanes) is 11. The van der Waals surface area contributed by atoms with Gasteiger partial charge in [0.15, 0.2) is 0 Å². The molecule has 1 aliphatic carbocycles. The van der Waals surface area contributed by atoms with Crippen LogP contribution in [0.15, 0.2) is 60.7 Å². The van der Waals surface area contributed by atoms with Crippen molar-refractivity contribution in [1.82, 2.24) is 10.6 Å². The van der Waals surface area contributed by atoms with Gasteiger partial charge in [0, 0.05) is 18.9 Å². The molecule has 2 aromatic rings. The van der Waals surface area contributed by atoms with Crippen LogP contribution in [0.2, 0.25) is 0 Å². The molecule has 4 N–H and O–H groups in total. The van der Waals surface area contributed by atoms with Gasteiger partial charge in [0.25, 0.3) is 0 Å². The summed E-state index contributed by atoms with van der Waals surface area (Å²) in [6.45, 7) is 2.84. The highest BCUT2D eigenvalue weighted by Crippen LogP contribution is 2.44. The minimum Gasteiger partial charge on any atom is -0.449 e. The summed E-state index contributed by atoms with van der Waals surface area (Å²) in [4.78, 5) is 24.4. The number of aliphatic hydroxyl groups excluding tert-OH is 2. The molecular formula is C37H54N2O5. The van der Waals surface area contributed by atoms with Crippen LogP contribution in [0.25, 0.3) is 11.1 Å². The third kappa shape index (κ3) is 12.1. The summed E-state index contributed by atoms with van der Waals surface area (Å²) in [6.07, 6.45) is 16.7. The van der Waals surface area contributed by atoms with Crippen molar-refractivity contribution >= 4 is 12.0 Å². The number of alkyl carbamates (subject to hydrolysis) is 1. The van der Waals surface area contributed by atoms with E-state index in [1.807, 2.05) is 30.3 Å². The van der Waals surface area contributed by atoms with Gasteiger partial charge in [-0.15, -0.1) is 0 Å². The Hall–Kier alpha value is -3.16. The van der Waals surface area contributed by atoms with Crippen LogP contribution in [0.4, 0.5) is 4.79 Å². The van der Waals surface area contributed by atoms with Gasteiger partial charge in [-0.05, 0) is 47.9 Å². The lowest BCUT2D eigenvalue weighted by atomic mass is 9.98. The maximum atomic E-state index is 12.3. The Kier molecular flexibility index (Phi) is 16.6. The average Bonchev–Trinajstić information content (AvgIpc) is 3.36. The van der Waals surface area contributed by atoms with Crippen LogP contribution in [0.3, 0.4) is 0 Å². The van der Waals surface area contributed by atoms with E-state index in [2.05, 4.69) is 41.8 Å². The second-order valence-electron chi connectivity index (χ2n) is 12.0. The lowest BCUT2D eigenvalue weighted by Gasteiger charge is -2.20. The monoisotopic (exact) mass is 606 g/mol. The zero-order chi connectivity index (χ0) is 31.4. The zero-order valence-corrected chi connectivity index (χ0v) is 26.6. The third-order valence-electron chi connectivity index (χ3n) is 8.46. The first-order valence-electron chi connectivity index (χ1n) is 16.9. The number of amides is 2. The van der Waals surface area contributed by atoms with Crippen LogP contribution < -0.4 is 10.6 Å². The van der Waals surface area contributed by atoms with Crippen molar-refractivity contribution in [2.75, 3.05) is 19.8 Å². The molecule has 0 saturated heterocycles. The number of allylic oxidation sites excluding steroid dienone is 1. The number of carbonyl (C=O) groups excluding carboxylic acids is 2. The van der Waals surface area contributed by atoms with Crippen LogP contribution in [-0.2, 0) is 9.53 Å². The minimum atomic E-state index is -0.883. The molecule has 0 radical (unpaired) electrons. The number of fused-ring (bicyclic) bond motifs is 3. The van der Waals surface area contributed by atoms with Crippen molar-refractivity contribution in [1.29, 1.82) is 0 Å². The molecule has 0 aromatic heterocycles. The van der Waals surface area contributed by atoms with Crippen molar-refractivity contribution < 1.29 is 24.5 Å². The van der Waals surface area contributed by atoms with E-state index in [1.54, 1.807) is 6.08 Å². The van der Waals surface area contributed by atoms with Gasteiger partial charge in [-0.2, -0.15) is 0 Å². The van der Waals surface area contributed by atoms with Crippen LogP contribution in [0, 0.1) is 0 Å². The Labute approximate surface area is 264 Å². The van der Waals surface area contributed by atoms with Gasteiger partial charge in [0.05, 0.1) is 18.8 Å². The van der Waals surface area contributed by atoms with Crippen LogP contribution in [0.5, 0.6) is 0 Å². The molecule has 2 aromatic carbocycles. The topological polar surface area (TPSA) is 108 Å². The van der Waals surface area contributed by atoms with Gasteiger partial charge in [-0.25, -0.2) is 4.79 Å².